The molecule has 1 unspecified atom stereocenters. The summed E-state index contributed by atoms with van der Waals surface area (Å²) in [5, 5.41) is 0.0735. The molecule has 19 heavy (non-hydrogen) atoms. The van der Waals surface area contributed by atoms with Crippen LogP contribution in [0.15, 0.2) is 16.6 Å². The Morgan fingerprint density at radius 2 is 2.11 bits per heavy atom. The minimum atomic E-state index is 0.0735. The van der Waals surface area contributed by atoms with Gasteiger partial charge < -0.3 is 4.74 Å². The SMILES string of the molecule is CCC1(C(Cl)c2cc(Br)cc3c2OCC3)CCCC1. The average Bonchev–Trinajstić information content (AvgIpc) is 3.05. The van der Waals surface area contributed by atoms with Crippen molar-refractivity contribution in [3.05, 3.63) is 27.7 Å². The average molecular weight is 344 g/mol. The Morgan fingerprint density at radius 1 is 1.37 bits per heavy atom. The minimum Gasteiger partial charge on any atom is -0.493 e. The molecular formula is C16H20BrClO. The molecule has 0 N–H and O–H groups in total. The van der Waals surface area contributed by atoms with Gasteiger partial charge in [0.1, 0.15) is 5.75 Å². The molecule has 3 heteroatoms. The molecule has 1 aromatic carbocycles. The van der Waals surface area contributed by atoms with Gasteiger partial charge in [-0.2, -0.15) is 0 Å². The fraction of sp³-hybridized carbons (Fsp3) is 0.625. The number of fused-ring (bicyclic) bond motifs is 1. The largest absolute Gasteiger partial charge is 0.493 e. The molecule has 1 atom stereocenters. The van der Waals surface area contributed by atoms with Crippen molar-refractivity contribution in [3.63, 3.8) is 0 Å². The molecule has 0 saturated heterocycles. The Kier molecular flexibility index (Phi) is 3.83. The van der Waals surface area contributed by atoms with Gasteiger partial charge in [0.05, 0.1) is 12.0 Å². The third-order valence-electron chi connectivity index (χ3n) is 4.89. The quantitative estimate of drug-likeness (QED) is 0.646. The van der Waals surface area contributed by atoms with Gasteiger partial charge in [0, 0.05) is 16.5 Å². The van der Waals surface area contributed by atoms with E-state index in [4.69, 9.17) is 16.3 Å². The molecule has 1 heterocycles. The first-order chi connectivity index (χ1) is 9.16. The van der Waals surface area contributed by atoms with E-state index >= 15 is 0 Å². The number of rotatable bonds is 3. The molecule has 0 bridgehead atoms. The summed E-state index contributed by atoms with van der Waals surface area (Å²) in [7, 11) is 0. The van der Waals surface area contributed by atoms with E-state index in [2.05, 4.69) is 35.0 Å². The van der Waals surface area contributed by atoms with Crippen LogP contribution in [0.2, 0.25) is 0 Å². The number of alkyl halides is 1. The van der Waals surface area contributed by atoms with Crippen molar-refractivity contribution in [1.29, 1.82) is 0 Å². The van der Waals surface area contributed by atoms with Crippen LogP contribution in [0.4, 0.5) is 0 Å². The molecule has 1 fully saturated rings. The first-order valence-corrected chi connectivity index (χ1v) is 8.48. The zero-order valence-electron chi connectivity index (χ0n) is 11.3. The van der Waals surface area contributed by atoms with Crippen molar-refractivity contribution < 1.29 is 4.74 Å². The van der Waals surface area contributed by atoms with Crippen LogP contribution in [-0.4, -0.2) is 6.61 Å². The van der Waals surface area contributed by atoms with Crippen LogP contribution < -0.4 is 4.74 Å². The Morgan fingerprint density at radius 3 is 2.79 bits per heavy atom. The highest BCUT2D eigenvalue weighted by Gasteiger charge is 2.41. The second-order valence-corrected chi connectivity index (χ2v) is 7.22. The Labute approximate surface area is 128 Å². The molecule has 0 aromatic heterocycles. The fourth-order valence-electron chi connectivity index (χ4n) is 3.68. The molecule has 0 spiro atoms. The zero-order chi connectivity index (χ0) is 13.5. The Hall–Kier alpha value is -0.210. The van der Waals surface area contributed by atoms with Crippen LogP contribution in [0.5, 0.6) is 5.75 Å². The predicted octanol–water partition coefficient (Wildman–Crippen LogP) is 5.63. The summed E-state index contributed by atoms with van der Waals surface area (Å²) >= 11 is 10.5. The number of ether oxygens (including phenoxy) is 1. The summed E-state index contributed by atoms with van der Waals surface area (Å²) < 4.78 is 6.98. The van der Waals surface area contributed by atoms with Crippen LogP contribution in [0.1, 0.15) is 55.5 Å². The van der Waals surface area contributed by atoms with E-state index in [0.29, 0.717) is 0 Å². The van der Waals surface area contributed by atoms with Gasteiger partial charge in [-0.1, -0.05) is 35.7 Å². The van der Waals surface area contributed by atoms with Crippen LogP contribution >= 0.6 is 27.5 Å². The van der Waals surface area contributed by atoms with Gasteiger partial charge in [-0.05, 0) is 42.4 Å². The topological polar surface area (TPSA) is 9.23 Å². The normalized spacial score (nSPS) is 22.1. The van der Waals surface area contributed by atoms with Crippen molar-refractivity contribution in [1.82, 2.24) is 0 Å². The third kappa shape index (κ3) is 2.31. The van der Waals surface area contributed by atoms with Gasteiger partial charge in [0.25, 0.3) is 0 Å². The first-order valence-electron chi connectivity index (χ1n) is 7.25. The third-order valence-corrected chi connectivity index (χ3v) is 6.05. The minimum absolute atomic E-state index is 0.0735. The molecule has 2 aliphatic rings. The fourth-order valence-corrected chi connectivity index (χ4v) is 4.74. The lowest BCUT2D eigenvalue weighted by atomic mass is 9.77. The second kappa shape index (κ2) is 5.29. The van der Waals surface area contributed by atoms with Gasteiger partial charge in [0.15, 0.2) is 0 Å². The number of hydrogen-bond donors (Lipinski definition) is 0. The van der Waals surface area contributed by atoms with Crippen LogP contribution in [0, 0.1) is 5.41 Å². The lowest BCUT2D eigenvalue weighted by Gasteiger charge is -2.34. The van der Waals surface area contributed by atoms with E-state index in [1.165, 1.54) is 36.8 Å². The molecular weight excluding hydrogens is 324 g/mol. The molecule has 3 rings (SSSR count). The molecule has 0 amide bonds. The molecule has 1 saturated carbocycles. The van der Waals surface area contributed by atoms with Crippen molar-refractivity contribution in [2.45, 2.75) is 50.8 Å². The van der Waals surface area contributed by atoms with Crippen LogP contribution in [0.3, 0.4) is 0 Å². The summed E-state index contributed by atoms with van der Waals surface area (Å²) in [6.07, 6.45) is 7.28. The summed E-state index contributed by atoms with van der Waals surface area (Å²) in [4.78, 5) is 0. The smallest absolute Gasteiger partial charge is 0.127 e. The standard InChI is InChI=1S/C16H20BrClO/c1-2-16(6-3-4-7-16)15(18)13-10-12(17)9-11-5-8-19-14(11)13/h9-10,15H,2-8H2,1H3. The molecule has 104 valence electrons. The summed E-state index contributed by atoms with van der Waals surface area (Å²) in [6.45, 7) is 3.07. The van der Waals surface area contributed by atoms with Crippen LogP contribution in [-0.2, 0) is 6.42 Å². The van der Waals surface area contributed by atoms with E-state index in [0.717, 1.165) is 29.7 Å². The van der Waals surface area contributed by atoms with E-state index in [1.807, 2.05) is 0 Å². The zero-order valence-corrected chi connectivity index (χ0v) is 13.7. The van der Waals surface area contributed by atoms with Crippen molar-refractivity contribution in [2.24, 2.45) is 5.41 Å². The van der Waals surface area contributed by atoms with Gasteiger partial charge >= 0.3 is 0 Å². The van der Waals surface area contributed by atoms with Gasteiger partial charge in [0.2, 0.25) is 0 Å². The molecule has 1 nitrogen and oxygen atoms in total. The molecule has 0 radical (unpaired) electrons. The summed E-state index contributed by atoms with van der Waals surface area (Å²) in [5.74, 6) is 1.06. The first kappa shape index (κ1) is 13.8. The predicted molar refractivity (Wildman–Crippen MR) is 83.1 cm³/mol. The number of halogens is 2. The maximum absolute atomic E-state index is 6.92. The van der Waals surface area contributed by atoms with E-state index in [1.54, 1.807) is 0 Å². The van der Waals surface area contributed by atoms with Gasteiger partial charge in [-0.25, -0.2) is 0 Å². The summed E-state index contributed by atoms with van der Waals surface area (Å²) in [5.41, 5.74) is 2.77. The van der Waals surface area contributed by atoms with Gasteiger partial charge in [-0.15, -0.1) is 11.6 Å². The maximum atomic E-state index is 6.92. The van der Waals surface area contributed by atoms with Gasteiger partial charge in [-0.3, -0.25) is 0 Å². The monoisotopic (exact) mass is 342 g/mol. The number of hydrogen-bond acceptors (Lipinski definition) is 1. The Balaban J connectivity index is 2.02. The number of benzene rings is 1. The highest BCUT2D eigenvalue weighted by molar-refractivity contribution is 9.10. The molecule has 1 aromatic rings. The maximum Gasteiger partial charge on any atom is 0.127 e. The molecule has 1 aliphatic heterocycles. The highest BCUT2D eigenvalue weighted by Crippen LogP contribution is 2.55. The Bertz CT molecular complexity index is 480. The second-order valence-electron chi connectivity index (χ2n) is 5.87. The summed E-state index contributed by atoms with van der Waals surface area (Å²) in [6, 6.07) is 4.33. The highest BCUT2D eigenvalue weighted by atomic mass is 79.9. The lowest BCUT2D eigenvalue weighted by molar-refractivity contribution is 0.264. The van der Waals surface area contributed by atoms with E-state index < -0.39 is 0 Å². The van der Waals surface area contributed by atoms with Crippen LogP contribution in [0.25, 0.3) is 0 Å². The van der Waals surface area contributed by atoms with Crippen molar-refractivity contribution in [3.8, 4) is 5.75 Å². The van der Waals surface area contributed by atoms with Crippen molar-refractivity contribution in [2.75, 3.05) is 6.61 Å². The molecule has 1 aliphatic carbocycles. The lowest BCUT2D eigenvalue weighted by Crippen LogP contribution is -2.22. The van der Waals surface area contributed by atoms with E-state index in [-0.39, 0.29) is 10.8 Å². The van der Waals surface area contributed by atoms with Crippen molar-refractivity contribution >= 4 is 27.5 Å². The van der Waals surface area contributed by atoms with E-state index in [9.17, 15) is 0 Å².